The van der Waals surface area contributed by atoms with Gasteiger partial charge in [-0.05, 0) is 57.5 Å². The lowest BCUT2D eigenvalue weighted by Crippen LogP contribution is -2.44. The predicted molar refractivity (Wildman–Crippen MR) is 108 cm³/mol. The zero-order valence-corrected chi connectivity index (χ0v) is 15.9. The third-order valence-corrected chi connectivity index (χ3v) is 5.09. The molecule has 0 saturated carbocycles. The van der Waals surface area contributed by atoms with Crippen LogP contribution in [0.15, 0.2) is 36.7 Å². The van der Waals surface area contributed by atoms with Crippen molar-refractivity contribution in [2.24, 2.45) is 0 Å². The number of hydrogen-bond acceptors (Lipinski definition) is 6. The minimum Gasteiger partial charge on any atom is -0.494 e. The van der Waals surface area contributed by atoms with E-state index in [0.717, 1.165) is 54.3 Å². The van der Waals surface area contributed by atoms with Crippen LogP contribution in [0.2, 0.25) is 0 Å². The quantitative estimate of drug-likeness (QED) is 0.723. The van der Waals surface area contributed by atoms with Crippen LogP contribution in [-0.2, 0) is 0 Å². The first-order valence-corrected chi connectivity index (χ1v) is 9.51. The highest BCUT2D eigenvalue weighted by atomic mass is 16.5. The van der Waals surface area contributed by atoms with E-state index in [-0.39, 0.29) is 0 Å². The molecular weight excluding hydrogens is 340 g/mol. The Morgan fingerprint density at radius 1 is 1.33 bits per heavy atom. The highest BCUT2D eigenvalue weighted by Gasteiger charge is 2.27. The molecule has 7 nitrogen and oxygen atoms in total. The van der Waals surface area contributed by atoms with E-state index in [1.807, 2.05) is 32.2 Å². The van der Waals surface area contributed by atoms with E-state index in [1.165, 1.54) is 0 Å². The smallest absolute Gasteiger partial charge is 0.177 e. The Hall–Kier alpha value is -2.80. The number of fused-ring (bicyclic) bond motifs is 1. The topological polar surface area (TPSA) is 80.7 Å². The van der Waals surface area contributed by atoms with Crippen LogP contribution >= 0.6 is 0 Å². The maximum absolute atomic E-state index is 6.23. The molecule has 1 unspecified atom stereocenters. The Kier molecular flexibility index (Phi) is 4.85. The molecule has 0 spiro atoms. The van der Waals surface area contributed by atoms with Crippen molar-refractivity contribution < 1.29 is 4.74 Å². The average molecular weight is 366 g/mol. The fourth-order valence-electron chi connectivity index (χ4n) is 3.76. The number of nitrogen functional groups attached to an aromatic ring is 1. The summed E-state index contributed by atoms with van der Waals surface area (Å²) in [4.78, 5) is 6.93. The van der Waals surface area contributed by atoms with Gasteiger partial charge in [0.15, 0.2) is 5.65 Å². The van der Waals surface area contributed by atoms with Crippen LogP contribution in [0.4, 0.5) is 17.2 Å². The highest BCUT2D eigenvalue weighted by Crippen LogP contribution is 2.37. The molecule has 0 bridgehead atoms. The number of imidazole rings is 1. The first-order valence-electron chi connectivity index (χ1n) is 9.51. The standard InChI is InChI=1S/C20H26N6O/c1-3-27-17-8-6-15(7-9-17)26(16-5-4-10-22-13-16)18-14(2)19(21)24-25-12-11-23-20(18)25/h6-9,11-12,16,22H,3-5,10,13H2,1-2H3,(H2,21,24). The average Bonchev–Trinajstić information content (AvgIpc) is 3.15. The number of nitrogens with one attached hydrogen (secondary N) is 1. The van der Waals surface area contributed by atoms with Crippen LogP contribution < -0.4 is 20.7 Å². The van der Waals surface area contributed by atoms with Gasteiger partial charge in [-0.15, -0.1) is 5.10 Å². The number of nitrogens with two attached hydrogens (primary N) is 1. The van der Waals surface area contributed by atoms with E-state index in [9.17, 15) is 0 Å². The molecule has 142 valence electrons. The number of piperidine rings is 1. The predicted octanol–water partition coefficient (Wildman–Crippen LogP) is 2.91. The van der Waals surface area contributed by atoms with E-state index >= 15 is 0 Å². The summed E-state index contributed by atoms with van der Waals surface area (Å²) in [6.45, 7) is 6.64. The van der Waals surface area contributed by atoms with Crippen LogP contribution in [-0.4, -0.2) is 40.3 Å². The number of ether oxygens (including phenoxy) is 1. The molecule has 0 radical (unpaired) electrons. The number of nitrogens with zero attached hydrogens (tertiary/aromatic N) is 4. The summed E-state index contributed by atoms with van der Waals surface area (Å²) >= 11 is 0. The summed E-state index contributed by atoms with van der Waals surface area (Å²) < 4.78 is 7.37. The van der Waals surface area contributed by atoms with E-state index in [1.54, 1.807) is 10.7 Å². The van der Waals surface area contributed by atoms with Gasteiger partial charge in [-0.2, -0.15) is 0 Å². The van der Waals surface area contributed by atoms with Gasteiger partial charge in [0, 0.05) is 36.2 Å². The number of hydrogen-bond donors (Lipinski definition) is 2. The van der Waals surface area contributed by atoms with Gasteiger partial charge < -0.3 is 20.7 Å². The molecule has 0 amide bonds. The van der Waals surface area contributed by atoms with Gasteiger partial charge in [-0.1, -0.05) is 0 Å². The summed E-state index contributed by atoms with van der Waals surface area (Å²) in [5.41, 5.74) is 10.1. The van der Waals surface area contributed by atoms with Crippen LogP contribution in [0, 0.1) is 6.92 Å². The highest BCUT2D eigenvalue weighted by molar-refractivity contribution is 5.82. The van der Waals surface area contributed by atoms with Crippen molar-refractivity contribution in [3.63, 3.8) is 0 Å². The molecule has 3 heterocycles. The largest absolute Gasteiger partial charge is 0.494 e. The zero-order valence-electron chi connectivity index (χ0n) is 15.9. The lowest BCUT2D eigenvalue weighted by atomic mass is 10.0. The van der Waals surface area contributed by atoms with E-state index in [0.29, 0.717) is 18.5 Å². The maximum atomic E-state index is 6.23. The summed E-state index contributed by atoms with van der Waals surface area (Å²) in [5.74, 6) is 1.40. The van der Waals surface area contributed by atoms with Gasteiger partial charge in [0.2, 0.25) is 0 Å². The molecule has 1 aromatic carbocycles. The van der Waals surface area contributed by atoms with Crippen molar-refractivity contribution >= 4 is 22.8 Å². The molecule has 7 heteroatoms. The van der Waals surface area contributed by atoms with Gasteiger partial charge in [-0.25, -0.2) is 9.50 Å². The van der Waals surface area contributed by atoms with Gasteiger partial charge in [0.05, 0.1) is 12.3 Å². The van der Waals surface area contributed by atoms with Crippen molar-refractivity contribution in [3.05, 3.63) is 42.2 Å². The fraction of sp³-hybridized carbons (Fsp3) is 0.400. The normalized spacial score (nSPS) is 17.2. The van der Waals surface area contributed by atoms with E-state index in [2.05, 4.69) is 32.4 Å². The van der Waals surface area contributed by atoms with Crippen molar-refractivity contribution in [2.75, 3.05) is 30.3 Å². The van der Waals surface area contributed by atoms with E-state index in [4.69, 9.17) is 10.5 Å². The summed E-state index contributed by atoms with van der Waals surface area (Å²) in [6, 6.07) is 8.57. The number of anilines is 3. The molecule has 3 N–H and O–H groups in total. The molecule has 3 aromatic rings. The number of aromatic nitrogens is 3. The molecule has 0 aliphatic carbocycles. The van der Waals surface area contributed by atoms with Crippen molar-refractivity contribution in [3.8, 4) is 5.75 Å². The van der Waals surface area contributed by atoms with Gasteiger partial charge in [0.1, 0.15) is 11.6 Å². The van der Waals surface area contributed by atoms with Crippen LogP contribution in [0.3, 0.4) is 0 Å². The third-order valence-electron chi connectivity index (χ3n) is 5.09. The Balaban J connectivity index is 1.86. The summed E-state index contributed by atoms with van der Waals surface area (Å²) in [7, 11) is 0. The fourth-order valence-corrected chi connectivity index (χ4v) is 3.76. The second-order valence-electron chi connectivity index (χ2n) is 6.85. The molecule has 1 fully saturated rings. The van der Waals surface area contributed by atoms with Crippen LogP contribution in [0.1, 0.15) is 25.3 Å². The molecule has 4 rings (SSSR count). The first-order chi connectivity index (χ1) is 13.2. The molecule has 1 aliphatic heterocycles. The van der Waals surface area contributed by atoms with E-state index < -0.39 is 0 Å². The summed E-state index contributed by atoms with van der Waals surface area (Å²) in [5, 5.41) is 7.95. The molecule has 1 saturated heterocycles. The number of benzene rings is 1. The van der Waals surface area contributed by atoms with Gasteiger partial charge >= 0.3 is 0 Å². The Morgan fingerprint density at radius 3 is 2.85 bits per heavy atom. The number of rotatable bonds is 5. The monoisotopic (exact) mass is 366 g/mol. The second kappa shape index (κ2) is 7.44. The summed E-state index contributed by atoms with van der Waals surface area (Å²) in [6.07, 6.45) is 5.85. The SMILES string of the molecule is CCOc1ccc(N(c2c(C)c(N)nn3ccnc23)C2CCCNC2)cc1. The van der Waals surface area contributed by atoms with Crippen molar-refractivity contribution in [1.82, 2.24) is 19.9 Å². The lowest BCUT2D eigenvalue weighted by molar-refractivity contribution is 0.340. The molecule has 2 aromatic heterocycles. The maximum Gasteiger partial charge on any atom is 0.177 e. The van der Waals surface area contributed by atoms with Crippen LogP contribution in [0.5, 0.6) is 5.75 Å². The minimum absolute atomic E-state index is 0.317. The molecule has 27 heavy (non-hydrogen) atoms. The van der Waals surface area contributed by atoms with Crippen molar-refractivity contribution in [1.29, 1.82) is 0 Å². The Labute approximate surface area is 159 Å². The third kappa shape index (κ3) is 3.30. The Morgan fingerprint density at radius 2 is 2.15 bits per heavy atom. The molecule has 1 aliphatic rings. The molecular formula is C20H26N6O. The zero-order chi connectivity index (χ0) is 18.8. The van der Waals surface area contributed by atoms with Crippen molar-refractivity contribution in [2.45, 2.75) is 32.7 Å². The second-order valence-corrected chi connectivity index (χ2v) is 6.85. The lowest BCUT2D eigenvalue weighted by Gasteiger charge is -2.37. The van der Waals surface area contributed by atoms with Gasteiger partial charge in [-0.3, -0.25) is 0 Å². The minimum atomic E-state index is 0.317. The Bertz CT molecular complexity index is 914. The van der Waals surface area contributed by atoms with Crippen LogP contribution in [0.25, 0.3) is 5.65 Å². The van der Waals surface area contributed by atoms with Gasteiger partial charge in [0.25, 0.3) is 0 Å². The first kappa shape index (κ1) is 17.6. The molecule has 1 atom stereocenters.